The Bertz CT molecular complexity index is 940. The van der Waals surface area contributed by atoms with Gasteiger partial charge in [0.1, 0.15) is 12.4 Å². The Balaban J connectivity index is 1.87. The SMILES string of the molecule is CC(C)(C)[Si](C)(C)ONC(=O)CNS(=O)(=O)c1ccc(OCc2ccccc2)cc1. The molecule has 0 bridgehead atoms. The van der Waals surface area contributed by atoms with Gasteiger partial charge in [0.05, 0.1) is 11.4 Å². The van der Waals surface area contributed by atoms with Crippen molar-refractivity contribution in [1.29, 1.82) is 0 Å². The molecule has 0 heterocycles. The highest BCUT2D eigenvalue weighted by atomic mass is 32.2. The Morgan fingerprint density at radius 1 is 1.00 bits per heavy atom. The zero-order valence-corrected chi connectivity index (χ0v) is 19.9. The zero-order valence-electron chi connectivity index (χ0n) is 18.1. The smallest absolute Gasteiger partial charge is 0.257 e. The number of sulfonamides is 1. The fraction of sp³-hybridized carbons (Fsp3) is 0.381. The molecule has 7 nitrogen and oxygen atoms in total. The summed E-state index contributed by atoms with van der Waals surface area (Å²) in [6.45, 7) is 10.1. The van der Waals surface area contributed by atoms with Crippen LogP contribution in [0, 0.1) is 0 Å². The number of hydrogen-bond donors (Lipinski definition) is 2. The van der Waals surface area contributed by atoms with Crippen molar-refractivity contribution in [3.63, 3.8) is 0 Å². The van der Waals surface area contributed by atoms with E-state index >= 15 is 0 Å². The van der Waals surface area contributed by atoms with Crippen LogP contribution >= 0.6 is 0 Å². The summed E-state index contributed by atoms with van der Waals surface area (Å²) in [5.41, 5.74) is 3.39. The van der Waals surface area contributed by atoms with E-state index in [1.54, 1.807) is 12.1 Å². The van der Waals surface area contributed by atoms with Crippen LogP contribution in [-0.4, -0.2) is 29.2 Å². The number of hydroxylamine groups is 1. The highest BCUT2D eigenvalue weighted by Crippen LogP contribution is 2.35. The van der Waals surface area contributed by atoms with Crippen molar-refractivity contribution in [2.45, 2.75) is 50.4 Å². The van der Waals surface area contributed by atoms with Gasteiger partial charge < -0.3 is 9.26 Å². The molecule has 0 spiro atoms. The van der Waals surface area contributed by atoms with Crippen LogP contribution in [0.3, 0.4) is 0 Å². The second kappa shape index (κ2) is 9.74. The molecular formula is C21H30N2O5SSi. The van der Waals surface area contributed by atoms with Gasteiger partial charge in [0.15, 0.2) is 0 Å². The maximum atomic E-state index is 12.4. The standard InChI is InChI=1S/C21H30N2O5SSi/c1-21(2,3)30(4,5)28-23-20(24)15-22-29(25,26)19-13-11-18(12-14-19)27-16-17-9-7-6-8-10-17/h6-14,22H,15-16H2,1-5H3,(H,23,24). The summed E-state index contributed by atoms with van der Waals surface area (Å²) in [6.07, 6.45) is 0. The van der Waals surface area contributed by atoms with Crippen molar-refractivity contribution in [1.82, 2.24) is 10.2 Å². The molecule has 0 saturated carbocycles. The normalized spacial score (nSPS) is 12.4. The van der Waals surface area contributed by atoms with E-state index in [1.165, 1.54) is 12.1 Å². The minimum atomic E-state index is -3.83. The fourth-order valence-electron chi connectivity index (χ4n) is 2.07. The molecule has 2 aromatic carbocycles. The predicted molar refractivity (Wildman–Crippen MR) is 119 cm³/mol. The number of carbonyl (C=O) groups is 1. The number of ether oxygens (including phenoxy) is 1. The van der Waals surface area contributed by atoms with Gasteiger partial charge in [-0.3, -0.25) is 4.79 Å². The molecule has 0 aliphatic heterocycles. The predicted octanol–water partition coefficient (Wildman–Crippen LogP) is 3.60. The Labute approximate surface area is 179 Å². The molecule has 0 unspecified atom stereocenters. The molecule has 30 heavy (non-hydrogen) atoms. The van der Waals surface area contributed by atoms with Gasteiger partial charge in [-0.05, 0) is 48.0 Å². The van der Waals surface area contributed by atoms with Crippen molar-refractivity contribution in [2.75, 3.05) is 6.54 Å². The van der Waals surface area contributed by atoms with Crippen LogP contribution in [0.15, 0.2) is 59.5 Å². The van der Waals surface area contributed by atoms with Gasteiger partial charge in [-0.15, -0.1) is 0 Å². The summed E-state index contributed by atoms with van der Waals surface area (Å²) in [5.74, 6) is 0.00420. The van der Waals surface area contributed by atoms with Gasteiger partial charge in [-0.1, -0.05) is 51.1 Å². The van der Waals surface area contributed by atoms with Crippen molar-refractivity contribution >= 4 is 24.2 Å². The lowest BCUT2D eigenvalue weighted by Gasteiger charge is -2.35. The van der Waals surface area contributed by atoms with Gasteiger partial charge in [0.25, 0.3) is 5.91 Å². The quantitative estimate of drug-likeness (QED) is 0.450. The van der Waals surface area contributed by atoms with Gasteiger partial charge in [-0.25, -0.2) is 18.6 Å². The molecule has 2 rings (SSSR count). The minimum Gasteiger partial charge on any atom is -0.489 e. The van der Waals surface area contributed by atoms with Crippen molar-refractivity contribution in [3.8, 4) is 5.75 Å². The van der Waals surface area contributed by atoms with E-state index in [2.05, 4.69) is 10.2 Å². The first-order valence-electron chi connectivity index (χ1n) is 9.64. The second-order valence-electron chi connectivity index (χ2n) is 8.46. The molecule has 0 fully saturated rings. The molecule has 2 N–H and O–H groups in total. The van der Waals surface area contributed by atoms with Gasteiger partial charge >= 0.3 is 0 Å². The molecule has 2 aromatic rings. The highest BCUT2D eigenvalue weighted by molar-refractivity contribution is 7.89. The molecular weight excluding hydrogens is 420 g/mol. The number of carbonyl (C=O) groups excluding carboxylic acids is 1. The lowest BCUT2D eigenvalue weighted by Crippen LogP contribution is -2.48. The van der Waals surface area contributed by atoms with E-state index in [0.29, 0.717) is 12.4 Å². The molecule has 0 saturated heterocycles. The number of benzene rings is 2. The molecule has 0 atom stereocenters. The number of rotatable bonds is 9. The Morgan fingerprint density at radius 3 is 2.17 bits per heavy atom. The number of nitrogens with one attached hydrogen (secondary N) is 2. The third-order valence-electron chi connectivity index (χ3n) is 5.03. The maximum absolute atomic E-state index is 12.4. The van der Waals surface area contributed by atoms with E-state index in [1.807, 2.05) is 64.2 Å². The monoisotopic (exact) mass is 450 g/mol. The Hall–Kier alpha value is -2.20. The first-order chi connectivity index (χ1) is 13.9. The average molecular weight is 451 g/mol. The number of hydrogen-bond acceptors (Lipinski definition) is 5. The topological polar surface area (TPSA) is 93.7 Å². The largest absolute Gasteiger partial charge is 0.489 e. The second-order valence-corrected chi connectivity index (χ2v) is 14.9. The molecule has 164 valence electrons. The van der Waals surface area contributed by atoms with E-state index in [9.17, 15) is 13.2 Å². The van der Waals surface area contributed by atoms with Gasteiger partial charge in [-0.2, -0.15) is 0 Å². The molecule has 1 amide bonds. The highest BCUT2D eigenvalue weighted by Gasteiger charge is 2.38. The van der Waals surface area contributed by atoms with E-state index < -0.39 is 30.8 Å². The van der Waals surface area contributed by atoms with Crippen LogP contribution < -0.4 is 14.9 Å². The average Bonchev–Trinajstić information content (AvgIpc) is 2.69. The summed E-state index contributed by atoms with van der Waals surface area (Å²) in [5, 5.41) is -0.0793. The van der Waals surface area contributed by atoms with Gasteiger partial charge in [0.2, 0.25) is 18.3 Å². The summed E-state index contributed by atoms with van der Waals surface area (Å²) in [6, 6.07) is 15.7. The van der Waals surface area contributed by atoms with E-state index in [0.717, 1.165) is 5.56 Å². The van der Waals surface area contributed by atoms with Crippen molar-refractivity contribution in [2.24, 2.45) is 0 Å². The van der Waals surface area contributed by atoms with Crippen LogP contribution in [0.25, 0.3) is 0 Å². The van der Waals surface area contributed by atoms with Crippen molar-refractivity contribution in [3.05, 3.63) is 60.2 Å². The number of amides is 1. The lowest BCUT2D eigenvalue weighted by molar-refractivity contribution is -0.127. The van der Waals surface area contributed by atoms with E-state index in [4.69, 9.17) is 9.26 Å². The van der Waals surface area contributed by atoms with Gasteiger partial charge in [0, 0.05) is 0 Å². The zero-order chi connectivity index (χ0) is 22.4. The molecule has 0 aliphatic carbocycles. The fourth-order valence-corrected chi connectivity index (χ4v) is 3.73. The molecule has 9 heteroatoms. The first-order valence-corrected chi connectivity index (χ1v) is 14.0. The van der Waals surface area contributed by atoms with Crippen LogP contribution in [0.4, 0.5) is 0 Å². The third kappa shape index (κ3) is 6.94. The minimum absolute atomic E-state index is 0.0488. The van der Waals surface area contributed by atoms with Crippen molar-refractivity contribution < 1.29 is 22.5 Å². The Morgan fingerprint density at radius 2 is 1.60 bits per heavy atom. The van der Waals surface area contributed by atoms with Crippen LogP contribution in [0.2, 0.25) is 18.1 Å². The van der Waals surface area contributed by atoms with Crippen LogP contribution in [0.5, 0.6) is 5.75 Å². The van der Waals surface area contributed by atoms with E-state index in [-0.39, 0.29) is 9.93 Å². The Kier molecular flexibility index (Phi) is 7.81. The lowest BCUT2D eigenvalue weighted by atomic mass is 10.2. The van der Waals surface area contributed by atoms with Crippen LogP contribution in [0.1, 0.15) is 26.3 Å². The summed E-state index contributed by atoms with van der Waals surface area (Å²) in [4.78, 5) is 12.1. The maximum Gasteiger partial charge on any atom is 0.257 e. The summed E-state index contributed by atoms with van der Waals surface area (Å²) < 4.78 is 38.4. The third-order valence-corrected chi connectivity index (χ3v) is 10.7. The summed E-state index contributed by atoms with van der Waals surface area (Å²) in [7, 11) is -6.00. The molecule has 0 radical (unpaired) electrons. The van der Waals surface area contributed by atoms with Crippen LogP contribution in [-0.2, 0) is 26.0 Å². The molecule has 0 aliphatic rings. The molecule has 0 aromatic heterocycles. The summed E-state index contributed by atoms with van der Waals surface area (Å²) >= 11 is 0. The first kappa shape index (κ1) is 24.1.